The van der Waals surface area contributed by atoms with Crippen molar-refractivity contribution >= 4 is 0 Å². The maximum absolute atomic E-state index is 5.02. The number of hydrogen-bond donors (Lipinski definition) is 0. The Morgan fingerprint density at radius 2 is 1.64 bits per heavy atom. The van der Waals surface area contributed by atoms with Gasteiger partial charge in [0, 0.05) is 12.0 Å². The monoisotopic (exact) mass is 196 g/mol. The third kappa shape index (κ3) is 2.10. The van der Waals surface area contributed by atoms with Gasteiger partial charge in [-0.3, -0.25) is 0 Å². The second kappa shape index (κ2) is 4.52. The summed E-state index contributed by atoms with van der Waals surface area (Å²) >= 11 is 0. The summed E-state index contributed by atoms with van der Waals surface area (Å²) < 4.78 is 0. The van der Waals surface area contributed by atoms with Gasteiger partial charge in [-0.1, -0.05) is 37.3 Å². The van der Waals surface area contributed by atoms with Crippen LogP contribution in [0.15, 0.2) is 30.3 Å². The van der Waals surface area contributed by atoms with Gasteiger partial charge in [0.05, 0.1) is 0 Å². The highest BCUT2D eigenvalue weighted by atomic mass is 17.4. The minimum Gasteiger partial charge on any atom is -0.198 e. The maximum Gasteiger partial charge on any atom is 0.249 e. The summed E-state index contributed by atoms with van der Waals surface area (Å²) in [6, 6.07) is 9.47. The van der Waals surface area contributed by atoms with Crippen LogP contribution in [0.2, 0.25) is 0 Å². The molecule has 0 atom stereocenters. The van der Waals surface area contributed by atoms with Crippen LogP contribution in [0.5, 0.6) is 0 Å². The van der Waals surface area contributed by atoms with E-state index in [4.69, 9.17) is 19.6 Å². The van der Waals surface area contributed by atoms with Crippen LogP contribution in [0.4, 0.5) is 0 Å². The molecular formula is C10H12O4. The topological polar surface area (TPSA) is 36.9 Å². The molecule has 0 spiro atoms. The summed E-state index contributed by atoms with van der Waals surface area (Å²) in [7, 11) is 0. The molecule has 0 saturated carbocycles. The molecule has 1 aliphatic rings. The van der Waals surface area contributed by atoms with Crippen molar-refractivity contribution in [3.05, 3.63) is 35.9 Å². The third-order valence-corrected chi connectivity index (χ3v) is 1.91. The highest BCUT2D eigenvalue weighted by molar-refractivity contribution is 5.15. The van der Waals surface area contributed by atoms with Gasteiger partial charge in [-0.2, -0.15) is 19.6 Å². The Morgan fingerprint density at radius 1 is 1.00 bits per heavy atom. The Morgan fingerprint density at radius 3 is 2.21 bits per heavy atom. The van der Waals surface area contributed by atoms with E-state index in [1.807, 2.05) is 37.3 Å². The van der Waals surface area contributed by atoms with Gasteiger partial charge in [0.1, 0.15) is 0 Å². The largest absolute Gasteiger partial charge is 0.249 e. The smallest absolute Gasteiger partial charge is 0.198 e. The summed E-state index contributed by atoms with van der Waals surface area (Å²) in [5.41, 5.74) is 0.863. The van der Waals surface area contributed by atoms with E-state index in [0.717, 1.165) is 5.56 Å². The molecule has 1 aromatic carbocycles. The first-order valence-corrected chi connectivity index (χ1v) is 4.59. The zero-order chi connectivity index (χ0) is 9.80. The molecule has 0 aliphatic carbocycles. The first-order valence-electron chi connectivity index (χ1n) is 4.59. The van der Waals surface area contributed by atoms with Crippen molar-refractivity contribution in [1.29, 1.82) is 0 Å². The van der Waals surface area contributed by atoms with E-state index >= 15 is 0 Å². The third-order valence-electron chi connectivity index (χ3n) is 1.91. The molecule has 4 nitrogen and oxygen atoms in total. The molecule has 14 heavy (non-hydrogen) atoms. The van der Waals surface area contributed by atoms with Crippen LogP contribution in [0.25, 0.3) is 0 Å². The van der Waals surface area contributed by atoms with Crippen LogP contribution < -0.4 is 0 Å². The van der Waals surface area contributed by atoms with E-state index in [1.54, 1.807) is 0 Å². The Balaban J connectivity index is 1.96. The average Bonchev–Trinajstić information content (AvgIpc) is 2.30. The lowest BCUT2D eigenvalue weighted by Gasteiger charge is -2.26. The highest BCUT2D eigenvalue weighted by Crippen LogP contribution is 2.25. The Kier molecular flexibility index (Phi) is 3.10. The molecule has 4 heteroatoms. The molecule has 0 aromatic heterocycles. The van der Waals surface area contributed by atoms with Crippen molar-refractivity contribution in [3.63, 3.8) is 0 Å². The predicted octanol–water partition coefficient (Wildman–Crippen LogP) is 2.33. The van der Waals surface area contributed by atoms with Gasteiger partial charge in [-0.15, -0.1) is 0 Å². The van der Waals surface area contributed by atoms with E-state index in [0.29, 0.717) is 6.42 Å². The lowest BCUT2D eigenvalue weighted by molar-refractivity contribution is -0.595. The number of rotatable bonds is 2. The fraction of sp³-hybridized carbons (Fsp3) is 0.400. The molecule has 0 amide bonds. The molecule has 76 valence electrons. The van der Waals surface area contributed by atoms with Crippen LogP contribution in [-0.2, 0) is 19.6 Å². The lowest BCUT2D eigenvalue weighted by atomic mass is 10.2. The molecule has 1 aliphatic heterocycles. The van der Waals surface area contributed by atoms with E-state index in [9.17, 15) is 0 Å². The first-order chi connectivity index (χ1) is 6.90. The quantitative estimate of drug-likeness (QED) is 0.680. The molecule has 1 saturated heterocycles. The number of benzene rings is 1. The summed E-state index contributed by atoms with van der Waals surface area (Å²) in [4.78, 5) is 19.9. The van der Waals surface area contributed by atoms with Crippen molar-refractivity contribution in [2.45, 2.75) is 25.9 Å². The van der Waals surface area contributed by atoms with E-state index in [1.165, 1.54) is 0 Å². The van der Waals surface area contributed by atoms with Crippen LogP contribution in [-0.4, -0.2) is 6.29 Å². The lowest BCUT2D eigenvalue weighted by Crippen LogP contribution is -2.26. The van der Waals surface area contributed by atoms with E-state index in [2.05, 4.69) is 0 Å². The summed E-state index contributed by atoms with van der Waals surface area (Å²) in [6.07, 6.45) is -0.351. The number of hydrogen-bond acceptors (Lipinski definition) is 4. The van der Waals surface area contributed by atoms with Crippen molar-refractivity contribution in [2.75, 3.05) is 0 Å². The zero-order valence-corrected chi connectivity index (χ0v) is 7.88. The Labute approximate surface area is 82.2 Å². The molecule has 2 rings (SSSR count). The summed E-state index contributed by atoms with van der Waals surface area (Å²) in [5, 5.41) is 0. The second-order valence-corrected chi connectivity index (χ2v) is 2.97. The van der Waals surface area contributed by atoms with Crippen molar-refractivity contribution in [2.24, 2.45) is 0 Å². The fourth-order valence-corrected chi connectivity index (χ4v) is 1.11. The predicted molar refractivity (Wildman–Crippen MR) is 47.6 cm³/mol. The van der Waals surface area contributed by atoms with E-state index < -0.39 is 12.6 Å². The summed E-state index contributed by atoms with van der Waals surface area (Å²) in [5.74, 6) is 0. The molecular weight excluding hydrogens is 184 g/mol. The van der Waals surface area contributed by atoms with Crippen molar-refractivity contribution in [3.8, 4) is 0 Å². The van der Waals surface area contributed by atoms with Crippen LogP contribution in [0, 0.1) is 0 Å². The minimum atomic E-state index is -0.598. The average molecular weight is 196 g/mol. The first kappa shape index (κ1) is 9.61. The Hall–Kier alpha value is -0.940. The standard InChI is InChI=1S/C10H12O4/c1-2-9-11-13-10(14-12-9)8-6-4-3-5-7-8/h3-7,9-10H,2H2,1H3. The normalized spacial score (nSPS) is 27.5. The second-order valence-electron chi connectivity index (χ2n) is 2.97. The van der Waals surface area contributed by atoms with E-state index in [-0.39, 0.29) is 0 Å². The highest BCUT2D eigenvalue weighted by Gasteiger charge is 2.25. The molecule has 0 unspecified atom stereocenters. The van der Waals surface area contributed by atoms with Crippen LogP contribution in [0.3, 0.4) is 0 Å². The van der Waals surface area contributed by atoms with Gasteiger partial charge < -0.3 is 0 Å². The van der Waals surface area contributed by atoms with Gasteiger partial charge in [0.15, 0.2) is 0 Å². The maximum atomic E-state index is 5.02. The fourth-order valence-electron chi connectivity index (χ4n) is 1.11. The van der Waals surface area contributed by atoms with Crippen molar-refractivity contribution < 1.29 is 19.6 Å². The molecule has 0 bridgehead atoms. The van der Waals surface area contributed by atoms with Gasteiger partial charge in [0.2, 0.25) is 12.6 Å². The molecule has 0 N–H and O–H groups in total. The Bertz CT molecular complexity index is 267. The summed E-state index contributed by atoms with van der Waals surface area (Å²) in [6.45, 7) is 1.92. The zero-order valence-electron chi connectivity index (χ0n) is 7.88. The van der Waals surface area contributed by atoms with Crippen LogP contribution in [0.1, 0.15) is 25.2 Å². The van der Waals surface area contributed by atoms with Crippen LogP contribution >= 0.6 is 0 Å². The molecule has 1 fully saturated rings. The molecule has 1 aromatic rings. The van der Waals surface area contributed by atoms with Gasteiger partial charge in [-0.25, -0.2) is 0 Å². The molecule has 1 heterocycles. The van der Waals surface area contributed by atoms with Crippen molar-refractivity contribution in [1.82, 2.24) is 0 Å². The van der Waals surface area contributed by atoms with Gasteiger partial charge in [0.25, 0.3) is 0 Å². The SMILES string of the molecule is CCC1OOC(c2ccccc2)OO1. The van der Waals surface area contributed by atoms with Gasteiger partial charge in [-0.05, 0) is 0 Å². The van der Waals surface area contributed by atoms with Gasteiger partial charge >= 0.3 is 0 Å². The minimum absolute atomic E-state index is 0.435. The molecule has 0 radical (unpaired) electrons.